The van der Waals surface area contributed by atoms with Crippen molar-refractivity contribution in [3.63, 3.8) is 0 Å². The first kappa shape index (κ1) is 27.1. The Morgan fingerprint density at radius 3 is 2.38 bits per heavy atom. The molecular weight excluding hydrogens is 528 g/mol. The van der Waals surface area contributed by atoms with Gasteiger partial charge in [-0.1, -0.05) is 29.8 Å². The summed E-state index contributed by atoms with van der Waals surface area (Å²) in [6.07, 6.45) is 1.37. The predicted molar refractivity (Wildman–Crippen MR) is 151 cm³/mol. The maximum absolute atomic E-state index is 14.0. The third-order valence-corrected chi connectivity index (χ3v) is 8.33. The summed E-state index contributed by atoms with van der Waals surface area (Å²) in [5, 5.41) is 19.0. The number of carbonyl (C=O) groups is 1. The molecule has 2 aromatic carbocycles. The molecule has 1 aliphatic heterocycles. The van der Waals surface area contributed by atoms with Gasteiger partial charge < -0.3 is 14.5 Å². The normalized spacial score (nSPS) is 14.2. The van der Waals surface area contributed by atoms with E-state index in [1.165, 1.54) is 24.4 Å². The van der Waals surface area contributed by atoms with Gasteiger partial charge in [-0.2, -0.15) is 5.26 Å². The number of nitrogens with zero attached hydrogens (tertiary/aromatic N) is 6. The van der Waals surface area contributed by atoms with Gasteiger partial charge in [0.25, 0.3) is 10.0 Å². The molecule has 0 radical (unpaired) electrons. The van der Waals surface area contributed by atoms with Crippen LogP contribution in [0.3, 0.4) is 0 Å². The first-order valence-electron chi connectivity index (χ1n) is 12.7. The fraction of sp³-hybridized carbons (Fsp3) is 0.241. The molecule has 11 heteroatoms. The van der Waals surface area contributed by atoms with Crippen LogP contribution in [0.25, 0.3) is 22.2 Å². The van der Waals surface area contributed by atoms with E-state index in [-0.39, 0.29) is 16.2 Å². The van der Waals surface area contributed by atoms with E-state index in [9.17, 15) is 18.5 Å². The molecule has 2 aromatic heterocycles. The highest BCUT2D eigenvalue weighted by molar-refractivity contribution is 7.90. The predicted octanol–water partition coefficient (Wildman–Crippen LogP) is 3.63. The zero-order valence-corrected chi connectivity index (χ0v) is 23.2. The minimum Gasteiger partial charge on any atom is -0.382 e. The van der Waals surface area contributed by atoms with E-state index in [0.29, 0.717) is 35.4 Å². The topological polar surface area (TPSA) is 121 Å². The van der Waals surface area contributed by atoms with Crippen LogP contribution >= 0.6 is 0 Å². The van der Waals surface area contributed by atoms with Crippen LogP contribution in [0.4, 0.5) is 5.82 Å². The standard InChI is InChI=1S/C29H28N6O4S/c1-20-4-8-24(9-5-20)40(37,38)35-26-16-21(25-10-11-28(32-31-25)34-12-14-39-15-13-34)6-7-22(26)17-27(35)29(36)23(18-30)19-33(2)3/h4-11,16-17,19H,12-15H2,1-3H3/b23-19-. The number of ketones is 1. The van der Waals surface area contributed by atoms with Gasteiger partial charge in [-0.3, -0.25) is 4.79 Å². The number of aromatic nitrogens is 3. The molecule has 0 bridgehead atoms. The van der Waals surface area contributed by atoms with Gasteiger partial charge in [0.15, 0.2) is 5.82 Å². The average Bonchev–Trinajstić information content (AvgIpc) is 3.36. The van der Waals surface area contributed by atoms with Crippen molar-refractivity contribution in [1.82, 2.24) is 19.1 Å². The molecule has 40 heavy (non-hydrogen) atoms. The second kappa shape index (κ2) is 10.9. The molecule has 204 valence electrons. The van der Waals surface area contributed by atoms with Crippen LogP contribution < -0.4 is 4.90 Å². The number of ether oxygens (including phenoxy) is 1. The number of aryl methyl sites for hydroxylation is 1. The molecule has 10 nitrogen and oxygen atoms in total. The summed E-state index contributed by atoms with van der Waals surface area (Å²) < 4.78 is 34.4. The number of nitriles is 1. The highest BCUT2D eigenvalue weighted by Crippen LogP contribution is 2.31. The van der Waals surface area contributed by atoms with E-state index < -0.39 is 15.8 Å². The smallest absolute Gasteiger partial charge is 0.268 e. The van der Waals surface area contributed by atoms with Crippen molar-refractivity contribution in [3.05, 3.63) is 83.7 Å². The van der Waals surface area contributed by atoms with Gasteiger partial charge in [0, 0.05) is 44.3 Å². The van der Waals surface area contributed by atoms with Gasteiger partial charge in [-0.05, 0) is 43.3 Å². The molecule has 3 heterocycles. The van der Waals surface area contributed by atoms with Gasteiger partial charge in [0.05, 0.1) is 29.3 Å². The molecule has 0 N–H and O–H groups in total. The van der Waals surface area contributed by atoms with Crippen LogP contribution in [0.2, 0.25) is 0 Å². The number of anilines is 1. The molecular formula is C29H28N6O4S. The first-order valence-corrected chi connectivity index (χ1v) is 14.1. The number of Topliss-reactive ketones (excluding diaryl/α,β-unsaturated/α-hetero) is 1. The summed E-state index contributed by atoms with van der Waals surface area (Å²) in [7, 11) is -0.851. The third kappa shape index (κ3) is 5.19. The van der Waals surface area contributed by atoms with Crippen LogP contribution in [0.1, 0.15) is 16.1 Å². The quantitative estimate of drug-likeness (QED) is 0.191. The third-order valence-electron chi connectivity index (χ3n) is 6.59. The van der Waals surface area contributed by atoms with Crippen LogP contribution in [0, 0.1) is 18.3 Å². The number of carbonyl (C=O) groups excluding carboxylic acids is 1. The molecule has 1 fully saturated rings. The lowest BCUT2D eigenvalue weighted by molar-refractivity contribution is 0.103. The fourth-order valence-electron chi connectivity index (χ4n) is 4.54. The SMILES string of the molecule is Cc1ccc(S(=O)(=O)n2c(C(=O)/C(C#N)=C\N(C)C)cc3ccc(-c4ccc(N5CCOCC5)nn4)cc32)cc1. The van der Waals surface area contributed by atoms with Gasteiger partial charge in [0.2, 0.25) is 5.78 Å². The second-order valence-corrected chi connectivity index (χ2v) is 11.5. The van der Waals surface area contributed by atoms with Gasteiger partial charge in [-0.25, -0.2) is 12.4 Å². The summed E-state index contributed by atoms with van der Waals surface area (Å²) in [5.74, 6) is 0.0438. The van der Waals surface area contributed by atoms with E-state index in [1.54, 1.807) is 49.3 Å². The van der Waals surface area contributed by atoms with Crippen molar-refractivity contribution in [2.75, 3.05) is 45.3 Å². The summed E-state index contributed by atoms with van der Waals surface area (Å²) in [6, 6.07) is 18.7. The second-order valence-electron chi connectivity index (χ2n) is 9.71. The number of hydrogen-bond donors (Lipinski definition) is 0. The van der Waals surface area contributed by atoms with E-state index in [0.717, 1.165) is 28.4 Å². The first-order chi connectivity index (χ1) is 19.2. The molecule has 0 unspecified atom stereocenters. The summed E-state index contributed by atoms with van der Waals surface area (Å²) in [6.45, 7) is 4.58. The van der Waals surface area contributed by atoms with E-state index >= 15 is 0 Å². The fourth-order valence-corrected chi connectivity index (χ4v) is 6.05. The number of hydrogen-bond acceptors (Lipinski definition) is 9. The van der Waals surface area contributed by atoms with Crippen molar-refractivity contribution >= 4 is 32.5 Å². The van der Waals surface area contributed by atoms with Crippen molar-refractivity contribution in [1.29, 1.82) is 5.26 Å². The molecule has 4 aromatic rings. The lowest BCUT2D eigenvalue weighted by Crippen LogP contribution is -2.36. The Labute approximate surface area is 232 Å². The summed E-state index contributed by atoms with van der Waals surface area (Å²) in [5.41, 5.74) is 2.07. The molecule has 1 saturated heterocycles. The van der Waals surface area contributed by atoms with Crippen molar-refractivity contribution in [2.45, 2.75) is 11.8 Å². The zero-order chi connectivity index (χ0) is 28.4. The number of rotatable bonds is 7. The van der Waals surface area contributed by atoms with Gasteiger partial charge in [-0.15, -0.1) is 10.2 Å². The van der Waals surface area contributed by atoms with Crippen LogP contribution in [-0.4, -0.2) is 73.7 Å². The van der Waals surface area contributed by atoms with Gasteiger partial charge >= 0.3 is 0 Å². The Bertz CT molecular complexity index is 1750. The number of benzene rings is 2. The lowest BCUT2D eigenvalue weighted by atomic mass is 10.1. The molecule has 5 rings (SSSR count). The lowest BCUT2D eigenvalue weighted by Gasteiger charge is -2.27. The van der Waals surface area contributed by atoms with Crippen LogP contribution in [0.15, 0.2) is 77.3 Å². The van der Waals surface area contributed by atoms with E-state index in [1.807, 2.05) is 25.1 Å². The van der Waals surface area contributed by atoms with E-state index in [2.05, 4.69) is 15.1 Å². The highest BCUT2D eigenvalue weighted by Gasteiger charge is 2.28. The maximum Gasteiger partial charge on any atom is 0.268 e. The number of morpholine rings is 1. The monoisotopic (exact) mass is 556 g/mol. The Morgan fingerprint density at radius 1 is 1.02 bits per heavy atom. The van der Waals surface area contributed by atoms with Crippen molar-refractivity contribution < 1.29 is 17.9 Å². The number of allylic oxidation sites excluding steroid dienone is 1. The Morgan fingerprint density at radius 2 is 1.75 bits per heavy atom. The average molecular weight is 557 g/mol. The summed E-state index contributed by atoms with van der Waals surface area (Å²) >= 11 is 0. The molecule has 0 aliphatic carbocycles. The Hall–Kier alpha value is -4.53. The maximum atomic E-state index is 14.0. The van der Waals surface area contributed by atoms with Crippen LogP contribution in [0.5, 0.6) is 0 Å². The van der Waals surface area contributed by atoms with Crippen molar-refractivity contribution in [3.8, 4) is 17.3 Å². The minimum atomic E-state index is -4.21. The Kier molecular flexibility index (Phi) is 7.38. The molecule has 0 saturated carbocycles. The molecule has 0 spiro atoms. The minimum absolute atomic E-state index is 0.0276. The van der Waals surface area contributed by atoms with Gasteiger partial charge in [0.1, 0.15) is 17.3 Å². The molecule has 0 atom stereocenters. The largest absolute Gasteiger partial charge is 0.382 e. The van der Waals surface area contributed by atoms with Crippen LogP contribution in [-0.2, 0) is 14.8 Å². The van der Waals surface area contributed by atoms with Crippen molar-refractivity contribution in [2.24, 2.45) is 0 Å². The van der Waals surface area contributed by atoms with E-state index in [4.69, 9.17) is 4.74 Å². The zero-order valence-electron chi connectivity index (χ0n) is 22.4. The Balaban J connectivity index is 1.66. The highest BCUT2D eigenvalue weighted by atomic mass is 32.2. The summed E-state index contributed by atoms with van der Waals surface area (Å²) in [4.78, 5) is 17.2. The molecule has 1 aliphatic rings. The number of fused-ring (bicyclic) bond motifs is 1. The molecule has 0 amide bonds.